The fourth-order valence-corrected chi connectivity index (χ4v) is 2.18. The molecule has 0 N–H and O–H groups in total. The molecule has 3 rings (SSSR count). The van der Waals surface area contributed by atoms with E-state index in [-0.39, 0.29) is 0 Å². The molecule has 0 radical (unpaired) electrons. The van der Waals surface area contributed by atoms with Crippen LogP contribution in [0.2, 0.25) is 0 Å². The highest BCUT2D eigenvalue weighted by molar-refractivity contribution is 5.64. The number of nitriles is 1. The van der Waals surface area contributed by atoms with Gasteiger partial charge in [-0.15, -0.1) is 0 Å². The molecule has 0 unspecified atom stereocenters. The van der Waals surface area contributed by atoms with Crippen LogP contribution in [0, 0.1) is 25.2 Å². The van der Waals surface area contributed by atoms with Crippen molar-refractivity contribution in [1.29, 1.82) is 5.26 Å². The van der Waals surface area contributed by atoms with Gasteiger partial charge in [0.1, 0.15) is 6.07 Å². The largest absolute Gasteiger partial charge is 0.231 e. The van der Waals surface area contributed by atoms with E-state index in [2.05, 4.69) is 16.2 Å². The van der Waals surface area contributed by atoms with E-state index < -0.39 is 0 Å². The second-order valence-electron chi connectivity index (χ2n) is 4.46. The molecule has 0 aliphatic carbocycles. The molecule has 2 heterocycles. The van der Waals surface area contributed by atoms with Gasteiger partial charge in [0.15, 0.2) is 11.3 Å². The predicted octanol–water partition coefficient (Wildman–Crippen LogP) is 2.88. The van der Waals surface area contributed by atoms with Crippen molar-refractivity contribution in [1.82, 2.24) is 14.6 Å². The highest BCUT2D eigenvalue weighted by atomic mass is 15.3. The second-order valence-corrected chi connectivity index (χ2v) is 4.46. The average Bonchev–Trinajstić information content (AvgIpc) is 2.73. The zero-order chi connectivity index (χ0) is 13.4. The Hall–Kier alpha value is -2.67. The van der Waals surface area contributed by atoms with E-state index in [1.807, 2.05) is 50.2 Å². The highest BCUT2D eigenvalue weighted by Crippen LogP contribution is 2.21. The minimum Gasteiger partial charge on any atom is -0.231 e. The summed E-state index contributed by atoms with van der Waals surface area (Å²) < 4.78 is 1.61. The lowest BCUT2D eigenvalue weighted by molar-refractivity contribution is 0.923. The van der Waals surface area contributed by atoms with Crippen LogP contribution in [0.1, 0.15) is 17.0 Å². The van der Waals surface area contributed by atoms with Gasteiger partial charge in [0.05, 0.1) is 11.4 Å². The lowest BCUT2D eigenvalue weighted by Crippen LogP contribution is -1.98. The number of hydrogen-bond acceptors (Lipinski definition) is 3. The normalized spacial score (nSPS) is 10.6. The number of fused-ring (bicyclic) bond motifs is 1. The third kappa shape index (κ3) is 1.76. The summed E-state index contributed by atoms with van der Waals surface area (Å²) in [6.45, 7) is 3.87. The first-order valence-electron chi connectivity index (χ1n) is 6.03. The van der Waals surface area contributed by atoms with Crippen LogP contribution >= 0.6 is 0 Å². The van der Waals surface area contributed by atoms with E-state index >= 15 is 0 Å². The molecule has 4 nitrogen and oxygen atoms in total. The van der Waals surface area contributed by atoms with Gasteiger partial charge in [-0.1, -0.05) is 24.3 Å². The number of imidazole rings is 1. The summed E-state index contributed by atoms with van der Waals surface area (Å²) in [4.78, 5) is 4.32. The van der Waals surface area contributed by atoms with Gasteiger partial charge in [-0.3, -0.25) is 0 Å². The first kappa shape index (κ1) is 11.4. The molecule has 19 heavy (non-hydrogen) atoms. The summed E-state index contributed by atoms with van der Waals surface area (Å²) in [6, 6.07) is 14.0. The molecule has 0 fully saturated rings. The molecular weight excluding hydrogens is 236 g/mol. The lowest BCUT2D eigenvalue weighted by Gasteiger charge is -2.05. The molecule has 92 valence electrons. The maximum atomic E-state index is 9.17. The monoisotopic (exact) mass is 248 g/mol. The van der Waals surface area contributed by atoms with E-state index in [1.165, 1.54) is 0 Å². The molecule has 0 atom stereocenters. The van der Waals surface area contributed by atoms with Gasteiger partial charge in [0.25, 0.3) is 0 Å². The maximum absolute atomic E-state index is 9.17. The molecule has 0 aliphatic heterocycles. The van der Waals surface area contributed by atoms with Gasteiger partial charge in [0.2, 0.25) is 0 Å². The van der Waals surface area contributed by atoms with Crippen LogP contribution in [0.25, 0.3) is 16.9 Å². The maximum Gasteiger partial charge on any atom is 0.165 e. The molecular formula is C15H12N4. The molecule has 0 spiro atoms. The first-order valence-corrected chi connectivity index (χ1v) is 6.03. The van der Waals surface area contributed by atoms with Gasteiger partial charge >= 0.3 is 0 Å². The van der Waals surface area contributed by atoms with Crippen LogP contribution in [0.4, 0.5) is 0 Å². The molecule has 0 saturated carbocycles. The van der Waals surface area contributed by atoms with Crippen LogP contribution in [-0.2, 0) is 0 Å². The Morgan fingerprint density at radius 3 is 2.63 bits per heavy atom. The summed E-state index contributed by atoms with van der Waals surface area (Å²) in [6.07, 6.45) is 0. The van der Waals surface area contributed by atoms with Crippen LogP contribution in [0.3, 0.4) is 0 Å². The Balaban J connectivity index is 2.28. The highest BCUT2D eigenvalue weighted by Gasteiger charge is 2.11. The van der Waals surface area contributed by atoms with Crippen molar-refractivity contribution in [3.05, 3.63) is 53.3 Å². The SMILES string of the molecule is Cc1ccccc1-c1ccc2nc(C)c(C#N)n2n1. The fourth-order valence-electron chi connectivity index (χ4n) is 2.18. The molecule has 0 amide bonds. The third-order valence-electron chi connectivity index (χ3n) is 3.18. The topological polar surface area (TPSA) is 54.0 Å². The van der Waals surface area contributed by atoms with Crippen molar-refractivity contribution in [2.75, 3.05) is 0 Å². The first-order chi connectivity index (χ1) is 9.20. The number of hydrogen-bond donors (Lipinski definition) is 0. The van der Waals surface area contributed by atoms with Gasteiger partial charge < -0.3 is 0 Å². The van der Waals surface area contributed by atoms with Crippen molar-refractivity contribution < 1.29 is 0 Å². The van der Waals surface area contributed by atoms with E-state index in [0.29, 0.717) is 17.0 Å². The lowest BCUT2D eigenvalue weighted by atomic mass is 10.1. The van der Waals surface area contributed by atoms with E-state index in [9.17, 15) is 5.26 Å². The standard InChI is InChI=1S/C15H12N4/c1-10-5-3-4-6-12(10)13-7-8-15-17-11(2)14(9-16)19(15)18-13/h3-8H,1-2H3. The molecule has 3 aromatic rings. The molecule has 0 saturated heterocycles. The van der Waals surface area contributed by atoms with Crippen LogP contribution in [0.5, 0.6) is 0 Å². The van der Waals surface area contributed by atoms with E-state index in [0.717, 1.165) is 16.8 Å². The zero-order valence-electron chi connectivity index (χ0n) is 10.8. The fraction of sp³-hybridized carbons (Fsp3) is 0.133. The number of aromatic nitrogens is 3. The minimum atomic E-state index is 0.491. The quantitative estimate of drug-likeness (QED) is 0.665. The summed E-state index contributed by atoms with van der Waals surface area (Å²) in [5.41, 5.74) is 4.97. The van der Waals surface area contributed by atoms with Crippen LogP contribution in [-0.4, -0.2) is 14.6 Å². The zero-order valence-corrected chi connectivity index (χ0v) is 10.8. The Bertz CT molecular complexity index is 809. The van der Waals surface area contributed by atoms with Crippen molar-refractivity contribution in [2.45, 2.75) is 13.8 Å². The number of benzene rings is 1. The molecule has 4 heteroatoms. The molecule has 1 aromatic carbocycles. The second kappa shape index (κ2) is 4.21. The molecule has 0 bridgehead atoms. The van der Waals surface area contributed by atoms with Crippen molar-refractivity contribution in [3.63, 3.8) is 0 Å². The Morgan fingerprint density at radius 2 is 1.89 bits per heavy atom. The van der Waals surface area contributed by atoms with Gasteiger partial charge in [-0.2, -0.15) is 10.4 Å². The number of aryl methyl sites for hydroxylation is 2. The van der Waals surface area contributed by atoms with Crippen LogP contribution < -0.4 is 0 Å². The summed E-state index contributed by atoms with van der Waals surface area (Å²) in [7, 11) is 0. The number of rotatable bonds is 1. The average molecular weight is 248 g/mol. The molecule has 0 aliphatic rings. The summed E-state index contributed by atoms with van der Waals surface area (Å²) in [5, 5.41) is 13.7. The minimum absolute atomic E-state index is 0.491. The summed E-state index contributed by atoms with van der Waals surface area (Å²) in [5.74, 6) is 0. The van der Waals surface area contributed by atoms with Gasteiger partial charge in [0, 0.05) is 5.56 Å². The van der Waals surface area contributed by atoms with Crippen molar-refractivity contribution in [3.8, 4) is 17.3 Å². The number of nitrogens with zero attached hydrogens (tertiary/aromatic N) is 4. The predicted molar refractivity (Wildman–Crippen MR) is 72.6 cm³/mol. The van der Waals surface area contributed by atoms with Crippen LogP contribution in [0.15, 0.2) is 36.4 Å². The van der Waals surface area contributed by atoms with Gasteiger partial charge in [-0.25, -0.2) is 9.50 Å². The van der Waals surface area contributed by atoms with Crippen molar-refractivity contribution >= 4 is 5.65 Å². The third-order valence-corrected chi connectivity index (χ3v) is 3.18. The van der Waals surface area contributed by atoms with E-state index in [1.54, 1.807) is 4.52 Å². The Labute approximate surface area is 111 Å². The van der Waals surface area contributed by atoms with Crippen molar-refractivity contribution in [2.24, 2.45) is 0 Å². The van der Waals surface area contributed by atoms with Gasteiger partial charge in [-0.05, 0) is 31.5 Å². The Kier molecular flexibility index (Phi) is 2.53. The Morgan fingerprint density at radius 1 is 1.11 bits per heavy atom. The molecule has 2 aromatic heterocycles. The van der Waals surface area contributed by atoms with E-state index in [4.69, 9.17) is 0 Å². The smallest absolute Gasteiger partial charge is 0.165 e. The summed E-state index contributed by atoms with van der Waals surface area (Å²) >= 11 is 0.